The van der Waals surface area contributed by atoms with Crippen LogP contribution in [0.2, 0.25) is 0 Å². The minimum absolute atomic E-state index is 0.165. The zero-order chi connectivity index (χ0) is 16.8. The second kappa shape index (κ2) is 7.97. The third-order valence-corrected chi connectivity index (χ3v) is 4.77. The lowest BCUT2D eigenvalue weighted by Crippen LogP contribution is -2.14. The van der Waals surface area contributed by atoms with Crippen LogP contribution in [0.3, 0.4) is 0 Å². The summed E-state index contributed by atoms with van der Waals surface area (Å²) in [7, 11) is 0. The molecule has 0 spiro atoms. The van der Waals surface area contributed by atoms with Gasteiger partial charge in [-0.3, -0.25) is 10.1 Å². The van der Waals surface area contributed by atoms with E-state index >= 15 is 0 Å². The molecule has 0 saturated heterocycles. The second-order valence-electron chi connectivity index (χ2n) is 4.80. The molecular weight excluding hydrogens is 346 g/mol. The van der Waals surface area contributed by atoms with Gasteiger partial charge in [0.05, 0.1) is 11.4 Å². The molecule has 1 aromatic carbocycles. The summed E-state index contributed by atoms with van der Waals surface area (Å²) in [4.78, 5) is 12.1. The van der Waals surface area contributed by atoms with E-state index in [0.29, 0.717) is 10.3 Å². The van der Waals surface area contributed by atoms with E-state index in [1.165, 1.54) is 23.1 Å². The Labute approximate surface area is 146 Å². The molecule has 0 radical (unpaired) electrons. The summed E-state index contributed by atoms with van der Waals surface area (Å²) in [6.07, 6.45) is 1.87. The number of benzene rings is 1. The topological polar surface area (TPSA) is 98.5 Å². The molecule has 124 valence electrons. The van der Waals surface area contributed by atoms with Crippen molar-refractivity contribution in [2.75, 3.05) is 11.1 Å². The van der Waals surface area contributed by atoms with Crippen LogP contribution in [0.5, 0.6) is 0 Å². The maximum Gasteiger partial charge on any atom is 0.236 e. The van der Waals surface area contributed by atoms with Gasteiger partial charge in [-0.15, -0.1) is 15.3 Å². The van der Waals surface area contributed by atoms with Crippen LogP contribution < -0.4 is 5.32 Å². The van der Waals surface area contributed by atoms with Gasteiger partial charge in [0, 0.05) is 6.42 Å². The fraction of sp³-hybridized carbons (Fsp3) is 0.286. The van der Waals surface area contributed by atoms with Crippen LogP contribution in [-0.4, -0.2) is 42.1 Å². The number of aromatic nitrogens is 6. The van der Waals surface area contributed by atoms with Crippen molar-refractivity contribution in [2.45, 2.75) is 24.9 Å². The number of thioether (sulfide) groups is 1. The monoisotopic (exact) mass is 361 g/mol. The summed E-state index contributed by atoms with van der Waals surface area (Å²) < 4.78 is 1.60. The van der Waals surface area contributed by atoms with Crippen molar-refractivity contribution < 1.29 is 4.79 Å². The lowest BCUT2D eigenvalue weighted by Gasteiger charge is -2.03. The highest BCUT2D eigenvalue weighted by atomic mass is 32.2. The SMILES string of the molecule is CCCc1nnc(NC(=O)CSc2nnnn2-c2ccccc2)s1. The van der Waals surface area contributed by atoms with Gasteiger partial charge in [-0.25, -0.2) is 0 Å². The molecule has 8 nitrogen and oxygen atoms in total. The number of nitrogens with zero attached hydrogens (tertiary/aromatic N) is 6. The number of hydrogen-bond acceptors (Lipinski definition) is 8. The van der Waals surface area contributed by atoms with E-state index in [1.54, 1.807) is 4.68 Å². The molecule has 1 N–H and O–H groups in total. The number of hydrogen-bond donors (Lipinski definition) is 1. The van der Waals surface area contributed by atoms with Crippen molar-refractivity contribution in [3.63, 3.8) is 0 Å². The van der Waals surface area contributed by atoms with E-state index in [-0.39, 0.29) is 11.7 Å². The largest absolute Gasteiger partial charge is 0.300 e. The van der Waals surface area contributed by atoms with Crippen LogP contribution in [-0.2, 0) is 11.2 Å². The molecule has 24 heavy (non-hydrogen) atoms. The zero-order valence-electron chi connectivity index (χ0n) is 12.9. The molecule has 1 amide bonds. The lowest BCUT2D eigenvalue weighted by atomic mass is 10.3. The molecule has 3 aromatic rings. The fourth-order valence-electron chi connectivity index (χ4n) is 1.90. The van der Waals surface area contributed by atoms with Crippen molar-refractivity contribution in [1.29, 1.82) is 0 Å². The molecule has 0 aliphatic rings. The van der Waals surface area contributed by atoms with Crippen LogP contribution in [0.1, 0.15) is 18.4 Å². The molecule has 2 heterocycles. The third kappa shape index (κ3) is 4.15. The van der Waals surface area contributed by atoms with Crippen molar-refractivity contribution in [3.05, 3.63) is 35.3 Å². The number of aryl methyl sites for hydroxylation is 1. The van der Waals surface area contributed by atoms with E-state index in [9.17, 15) is 4.79 Å². The van der Waals surface area contributed by atoms with E-state index in [2.05, 4.69) is 38.0 Å². The number of nitrogens with one attached hydrogen (secondary N) is 1. The number of para-hydroxylation sites is 1. The van der Waals surface area contributed by atoms with Crippen LogP contribution in [0, 0.1) is 0 Å². The molecule has 2 aromatic heterocycles. The average Bonchev–Trinajstić information content (AvgIpc) is 3.23. The number of tetrazole rings is 1. The first-order valence-electron chi connectivity index (χ1n) is 7.35. The van der Waals surface area contributed by atoms with Gasteiger partial charge >= 0.3 is 0 Å². The van der Waals surface area contributed by atoms with Gasteiger partial charge < -0.3 is 0 Å². The van der Waals surface area contributed by atoms with E-state index < -0.39 is 0 Å². The molecule has 0 unspecified atom stereocenters. The van der Waals surface area contributed by atoms with Gasteiger partial charge in [-0.1, -0.05) is 48.2 Å². The maximum atomic E-state index is 12.1. The Bertz CT molecular complexity index is 802. The summed E-state index contributed by atoms with van der Waals surface area (Å²) in [6.45, 7) is 2.08. The molecule has 0 aliphatic carbocycles. The Balaban J connectivity index is 1.58. The van der Waals surface area contributed by atoms with Crippen LogP contribution in [0.4, 0.5) is 5.13 Å². The highest BCUT2D eigenvalue weighted by Gasteiger charge is 2.13. The minimum atomic E-state index is -0.165. The zero-order valence-corrected chi connectivity index (χ0v) is 14.5. The standard InChI is InChI=1S/C14H15N7OS2/c1-2-6-12-16-17-13(24-12)15-11(22)9-23-14-18-19-20-21(14)10-7-4-3-5-8-10/h3-5,7-8H,2,6,9H2,1H3,(H,15,17,22). The summed E-state index contributed by atoms with van der Waals surface area (Å²) in [5.41, 5.74) is 0.846. The second-order valence-corrected chi connectivity index (χ2v) is 6.80. The quantitative estimate of drug-likeness (QED) is 0.644. The van der Waals surface area contributed by atoms with Crippen molar-refractivity contribution in [1.82, 2.24) is 30.4 Å². The molecule has 0 aliphatic heterocycles. The fourth-order valence-corrected chi connectivity index (χ4v) is 3.45. The smallest absolute Gasteiger partial charge is 0.236 e. The number of amides is 1. The van der Waals surface area contributed by atoms with Gasteiger partial charge in [0.15, 0.2) is 0 Å². The number of carbonyl (C=O) groups excluding carboxylic acids is 1. The first-order valence-corrected chi connectivity index (χ1v) is 9.15. The van der Waals surface area contributed by atoms with Gasteiger partial charge in [0.1, 0.15) is 5.01 Å². The average molecular weight is 361 g/mol. The molecule has 0 saturated carbocycles. The summed E-state index contributed by atoms with van der Waals surface area (Å²) in [6, 6.07) is 9.53. The Morgan fingerprint density at radius 3 is 2.88 bits per heavy atom. The molecule has 0 bridgehead atoms. The maximum absolute atomic E-state index is 12.1. The van der Waals surface area contributed by atoms with Gasteiger partial charge in [0.2, 0.25) is 16.2 Å². The summed E-state index contributed by atoms with van der Waals surface area (Å²) in [5, 5.41) is 24.3. The molecular formula is C14H15N7OS2. The molecule has 10 heteroatoms. The third-order valence-electron chi connectivity index (χ3n) is 2.95. The highest BCUT2D eigenvalue weighted by Crippen LogP contribution is 2.20. The number of anilines is 1. The summed E-state index contributed by atoms with van der Waals surface area (Å²) >= 11 is 2.66. The van der Waals surface area contributed by atoms with Crippen molar-refractivity contribution in [2.24, 2.45) is 0 Å². The highest BCUT2D eigenvalue weighted by molar-refractivity contribution is 7.99. The number of carbonyl (C=O) groups is 1. The Hall–Kier alpha value is -2.33. The van der Waals surface area contributed by atoms with Crippen molar-refractivity contribution >= 4 is 34.1 Å². The molecule has 3 rings (SSSR count). The van der Waals surface area contributed by atoms with E-state index in [4.69, 9.17) is 0 Å². The Morgan fingerprint density at radius 2 is 2.08 bits per heavy atom. The van der Waals surface area contributed by atoms with Crippen molar-refractivity contribution in [3.8, 4) is 5.69 Å². The predicted molar refractivity (Wildman–Crippen MR) is 92.4 cm³/mol. The molecule has 0 fully saturated rings. The van der Waals surface area contributed by atoms with E-state index in [1.807, 2.05) is 30.3 Å². The van der Waals surface area contributed by atoms with Crippen LogP contribution in [0.15, 0.2) is 35.5 Å². The van der Waals surface area contributed by atoms with Crippen LogP contribution >= 0.6 is 23.1 Å². The van der Waals surface area contributed by atoms with Crippen LogP contribution in [0.25, 0.3) is 5.69 Å². The number of rotatable bonds is 7. The lowest BCUT2D eigenvalue weighted by molar-refractivity contribution is -0.113. The first-order chi connectivity index (χ1) is 11.8. The predicted octanol–water partition coefficient (Wildman–Crippen LogP) is 2.20. The van der Waals surface area contributed by atoms with Gasteiger partial charge in [-0.05, 0) is 29.0 Å². The minimum Gasteiger partial charge on any atom is -0.300 e. The molecule has 0 atom stereocenters. The van der Waals surface area contributed by atoms with E-state index in [0.717, 1.165) is 23.5 Å². The summed E-state index contributed by atoms with van der Waals surface area (Å²) in [5.74, 6) is 0.0254. The van der Waals surface area contributed by atoms with Gasteiger partial charge in [-0.2, -0.15) is 4.68 Å². The Kier molecular flexibility index (Phi) is 5.49. The first kappa shape index (κ1) is 16.5. The van der Waals surface area contributed by atoms with Gasteiger partial charge in [0.25, 0.3) is 0 Å². The Morgan fingerprint density at radius 1 is 1.25 bits per heavy atom. The normalized spacial score (nSPS) is 10.7.